The van der Waals surface area contributed by atoms with E-state index in [9.17, 15) is 26.3 Å². The molecule has 0 N–H and O–H groups in total. The lowest BCUT2D eigenvalue weighted by Crippen LogP contribution is -2.50. The maximum absolute atomic E-state index is 12.8. The largest absolute Gasteiger partial charge is 0.445 e. The van der Waals surface area contributed by atoms with Crippen LogP contribution in [0.2, 0.25) is 0 Å². The van der Waals surface area contributed by atoms with Gasteiger partial charge < -0.3 is 0 Å². The van der Waals surface area contributed by atoms with Crippen LogP contribution in [0.5, 0.6) is 0 Å². The molecule has 0 heterocycles. The van der Waals surface area contributed by atoms with Gasteiger partial charge >= 0.3 is 12.1 Å². The second kappa shape index (κ2) is 5.37. The van der Waals surface area contributed by atoms with E-state index >= 15 is 0 Å². The summed E-state index contributed by atoms with van der Waals surface area (Å²) in [6, 6.07) is -4.50. The van der Waals surface area contributed by atoms with Gasteiger partial charge in [-0.1, -0.05) is 0 Å². The van der Waals surface area contributed by atoms with E-state index in [4.69, 9.17) is 0 Å². The molecule has 0 aromatic heterocycles. The van der Waals surface area contributed by atoms with Gasteiger partial charge in [0.25, 0.3) is 0 Å². The Balaban J connectivity index is 4.59. The number of hydrogen-bond acceptors (Lipinski definition) is 3. The van der Waals surface area contributed by atoms with Gasteiger partial charge in [0, 0.05) is 0 Å². The van der Waals surface area contributed by atoms with Crippen LogP contribution >= 0.6 is 0 Å². The highest BCUT2D eigenvalue weighted by Gasteiger charge is 2.61. The SMILES string of the molecule is FCOC(F)(F)C(F)(OCF)OCF. The molecule has 0 aromatic carbocycles. The second-order valence-corrected chi connectivity index (χ2v) is 1.81. The summed E-state index contributed by atoms with van der Waals surface area (Å²) in [6.45, 7) is -6.13. The van der Waals surface area contributed by atoms with Crippen molar-refractivity contribution in [3.8, 4) is 0 Å². The third kappa shape index (κ3) is 3.00. The van der Waals surface area contributed by atoms with Gasteiger partial charge in [0.05, 0.1) is 0 Å². The summed E-state index contributed by atoms with van der Waals surface area (Å²) in [6.07, 6.45) is -4.96. The molecule has 0 saturated carbocycles. The van der Waals surface area contributed by atoms with Gasteiger partial charge in [0.1, 0.15) is 0 Å². The van der Waals surface area contributed by atoms with E-state index in [2.05, 4.69) is 14.2 Å². The third-order valence-electron chi connectivity index (χ3n) is 1.06. The third-order valence-corrected chi connectivity index (χ3v) is 1.06. The van der Waals surface area contributed by atoms with Crippen LogP contribution in [0.25, 0.3) is 0 Å². The molecule has 0 aliphatic rings. The van der Waals surface area contributed by atoms with Gasteiger partial charge in [-0.05, 0) is 0 Å². The molecular weight excluding hydrogens is 222 g/mol. The summed E-state index contributed by atoms with van der Waals surface area (Å²) in [7, 11) is 0. The summed E-state index contributed by atoms with van der Waals surface area (Å²) < 4.78 is 81.1. The van der Waals surface area contributed by atoms with Gasteiger partial charge in [-0.15, -0.1) is 0 Å². The lowest BCUT2D eigenvalue weighted by Gasteiger charge is -2.28. The fourth-order valence-corrected chi connectivity index (χ4v) is 0.505. The van der Waals surface area contributed by atoms with E-state index in [-0.39, 0.29) is 0 Å². The molecule has 0 spiro atoms. The Morgan fingerprint density at radius 1 is 0.714 bits per heavy atom. The molecule has 0 saturated heterocycles. The molecule has 0 amide bonds. The maximum Gasteiger partial charge on any atom is 0.445 e. The van der Waals surface area contributed by atoms with Gasteiger partial charge in [0.15, 0.2) is 20.6 Å². The number of hydrogen-bond donors (Lipinski definition) is 0. The number of halogens is 6. The van der Waals surface area contributed by atoms with E-state index in [0.29, 0.717) is 0 Å². The van der Waals surface area contributed by atoms with Crippen molar-refractivity contribution in [1.29, 1.82) is 0 Å². The topological polar surface area (TPSA) is 27.7 Å². The van der Waals surface area contributed by atoms with Crippen LogP contribution in [0.4, 0.5) is 26.3 Å². The van der Waals surface area contributed by atoms with Crippen molar-refractivity contribution in [2.75, 3.05) is 20.6 Å². The van der Waals surface area contributed by atoms with Crippen molar-refractivity contribution in [2.24, 2.45) is 0 Å². The Morgan fingerprint density at radius 2 is 1.07 bits per heavy atom. The molecular formula is C5H6F6O3. The standard InChI is InChI=1S/C5H6F6O3/c6-1-12-4(9,10)5(11,13-2-7)14-3-8/h1-3H2. The molecule has 0 bridgehead atoms. The first-order chi connectivity index (χ1) is 6.43. The smallest absolute Gasteiger partial charge is 0.285 e. The van der Waals surface area contributed by atoms with E-state index < -0.39 is 32.7 Å². The average molecular weight is 228 g/mol. The molecule has 0 atom stereocenters. The van der Waals surface area contributed by atoms with Crippen molar-refractivity contribution in [3.05, 3.63) is 0 Å². The predicted octanol–water partition coefficient (Wildman–Crippen LogP) is 2.03. The summed E-state index contributed by atoms with van der Waals surface area (Å²) in [5.41, 5.74) is 0. The molecule has 0 rings (SSSR count). The first-order valence-electron chi connectivity index (χ1n) is 3.10. The zero-order valence-electron chi connectivity index (χ0n) is 6.61. The second-order valence-electron chi connectivity index (χ2n) is 1.81. The zero-order chi connectivity index (χ0) is 11.2. The van der Waals surface area contributed by atoms with Crippen LogP contribution in [0.15, 0.2) is 0 Å². The minimum Gasteiger partial charge on any atom is -0.285 e. The van der Waals surface area contributed by atoms with Crippen LogP contribution < -0.4 is 0 Å². The highest BCUT2D eigenvalue weighted by molar-refractivity contribution is 4.67. The van der Waals surface area contributed by atoms with E-state index in [1.54, 1.807) is 0 Å². The number of ether oxygens (including phenoxy) is 3. The highest BCUT2D eigenvalue weighted by atomic mass is 19.3. The molecule has 86 valence electrons. The van der Waals surface area contributed by atoms with Gasteiger partial charge in [-0.3, -0.25) is 14.2 Å². The monoisotopic (exact) mass is 228 g/mol. The molecule has 0 unspecified atom stereocenters. The van der Waals surface area contributed by atoms with Crippen LogP contribution in [-0.4, -0.2) is 32.7 Å². The molecule has 0 aliphatic carbocycles. The summed E-state index contributed by atoms with van der Waals surface area (Å²) in [4.78, 5) is 0. The summed E-state index contributed by atoms with van der Waals surface area (Å²) in [5, 5.41) is 0. The lowest BCUT2D eigenvalue weighted by molar-refractivity contribution is -0.482. The molecule has 3 nitrogen and oxygen atoms in total. The zero-order valence-corrected chi connectivity index (χ0v) is 6.61. The van der Waals surface area contributed by atoms with Gasteiger partial charge in [-0.25, -0.2) is 13.2 Å². The Morgan fingerprint density at radius 3 is 1.36 bits per heavy atom. The quantitative estimate of drug-likeness (QED) is 0.493. The van der Waals surface area contributed by atoms with Crippen molar-refractivity contribution in [1.82, 2.24) is 0 Å². The fraction of sp³-hybridized carbons (Fsp3) is 1.00. The van der Waals surface area contributed by atoms with Crippen LogP contribution in [0.1, 0.15) is 0 Å². The van der Waals surface area contributed by atoms with E-state index in [0.717, 1.165) is 0 Å². The predicted molar refractivity (Wildman–Crippen MR) is 30.0 cm³/mol. The fourth-order valence-electron chi connectivity index (χ4n) is 0.505. The molecule has 0 radical (unpaired) electrons. The molecule has 0 aromatic rings. The minimum absolute atomic E-state index is 2.03. The van der Waals surface area contributed by atoms with Crippen LogP contribution in [0, 0.1) is 0 Å². The Labute approximate surface area is 74.5 Å². The summed E-state index contributed by atoms with van der Waals surface area (Å²) >= 11 is 0. The average Bonchev–Trinajstić information content (AvgIpc) is 2.04. The van der Waals surface area contributed by atoms with Crippen LogP contribution in [0.3, 0.4) is 0 Å². The lowest BCUT2D eigenvalue weighted by atomic mass is 10.5. The van der Waals surface area contributed by atoms with Crippen molar-refractivity contribution >= 4 is 0 Å². The first kappa shape index (κ1) is 13.5. The minimum atomic E-state index is -4.96. The normalized spacial score (nSPS) is 13.3. The van der Waals surface area contributed by atoms with Gasteiger partial charge in [-0.2, -0.15) is 13.2 Å². The Hall–Kier alpha value is -0.540. The Bertz CT molecular complexity index is 160. The van der Waals surface area contributed by atoms with E-state index in [1.165, 1.54) is 0 Å². The van der Waals surface area contributed by atoms with Crippen LogP contribution in [-0.2, 0) is 14.2 Å². The maximum atomic E-state index is 12.8. The van der Waals surface area contributed by atoms with Gasteiger partial charge in [0.2, 0.25) is 0 Å². The van der Waals surface area contributed by atoms with Crippen molar-refractivity contribution in [2.45, 2.75) is 12.1 Å². The van der Waals surface area contributed by atoms with Crippen molar-refractivity contribution < 1.29 is 40.6 Å². The Kier molecular flexibility index (Phi) is 5.16. The number of alkyl halides is 6. The molecule has 9 heteroatoms. The van der Waals surface area contributed by atoms with E-state index in [1.807, 2.05) is 0 Å². The van der Waals surface area contributed by atoms with Crippen molar-refractivity contribution in [3.63, 3.8) is 0 Å². The summed E-state index contributed by atoms with van der Waals surface area (Å²) in [5.74, 6) is 0. The molecule has 14 heavy (non-hydrogen) atoms. The first-order valence-corrected chi connectivity index (χ1v) is 3.10. The highest BCUT2D eigenvalue weighted by Crippen LogP contribution is 2.36. The number of rotatable bonds is 7. The molecule has 0 aliphatic heterocycles. The molecule has 0 fully saturated rings.